The van der Waals surface area contributed by atoms with Crippen LogP contribution in [-0.2, 0) is 13.0 Å². The van der Waals surface area contributed by atoms with Crippen LogP contribution in [0.5, 0.6) is 0 Å². The minimum Gasteiger partial charge on any atom is -0.362 e. The van der Waals surface area contributed by atoms with Gasteiger partial charge in [-0.15, -0.1) is 11.3 Å². The van der Waals surface area contributed by atoms with E-state index in [0.717, 1.165) is 37.5 Å². The lowest BCUT2D eigenvalue weighted by Crippen LogP contribution is -2.03. The number of thiazole rings is 1. The molecule has 0 aliphatic rings. The Morgan fingerprint density at radius 3 is 3.06 bits per heavy atom. The van der Waals surface area contributed by atoms with Crippen LogP contribution in [0.25, 0.3) is 0 Å². The first kappa shape index (κ1) is 12.1. The number of aryl methyl sites for hydroxylation is 2. The van der Waals surface area contributed by atoms with Crippen LogP contribution in [0.2, 0.25) is 0 Å². The van der Waals surface area contributed by atoms with E-state index >= 15 is 0 Å². The molecule has 2 rings (SSSR count). The first-order chi connectivity index (χ1) is 8.38. The van der Waals surface area contributed by atoms with E-state index in [1.54, 1.807) is 11.3 Å². The third-order valence-corrected chi connectivity index (χ3v) is 3.44. The zero-order valence-corrected chi connectivity index (χ0v) is 10.9. The fourth-order valence-corrected chi connectivity index (χ4v) is 2.41. The quantitative estimate of drug-likeness (QED) is 0.768. The summed E-state index contributed by atoms with van der Waals surface area (Å²) < 4.78 is 2.11. The molecule has 92 valence electrons. The molecule has 0 amide bonds. The van der Waals surface area contributed by atoms with Crippen molar-refractivity contribution in [2.24, 2.45) is 0 Å². The number of aromatic nitrogens is 3. The molecule has 0 aromatic carbocycles. The molecule has 5 heteroatoms. The van der Waals surface area contributed by atoms with Crippen molar-refractivity contribution in [3.63, 3.8) is 0 Å². The average molecular weight is 250 g/mol. The summed E-state index contributed by atoms with van der Waals surface area (Å²) >= 11 is 1.69. The van der Waals surface area contributed by atoms with Gasteiger partial charge in [0.2, 0.25) is 0 Å². The van der Waals surface area contributed by atoms with Gasteiger partial charge in [0, 0.05) is 30.9 Å². The highest BCUT2D eigenvalue weighted by Gasteiger charge is 1.98. The molecule has 0 atom stereocenters. The smallest absolute Gasteiger partial charge is 0.182 e. The van der Waals surface area contributed by atoms with Gasteiger partial charge in [0.05, 0.1) is 12.0 Å². The lowest BCUT2D eigenvalue weighted by molar-refractivity contribution is 0.621. The summed E-state index contributed by atoms with van der Waals surface area (Å²) in [7, 11) is 0. The van der Waals surface area contributed by atoms with Crippen LogP contribution < -0.4 is 5.32 Å². The first-order valence-electron chi connectivity index (χ1n) is 6.02. The van der Waals surface area contributed by atoms with E-state index in [-0.39, 0.29) is 0 Å². The van der Waals surface area contributed by atoms with Crippen LogP contribution in [0.15, 0.2) is 24.1 Å². The monoisotopic (exact) mass is 250 g/mol. The highest BCUT2D eigenvalue weighted by atomic mass is 32.1. The van der Waals surface area contributed by atoms with Gasteiger partial charge in [-0.1, -0.05) is 6.92 Å². The molecule has 1 N–H and O–H groups in total. The Bertz CT molecular complexity index is 421. The number of rotatable bonds is 7. The highest BCUT2D eigenvalue weighted by molar-refractivity contribution is 7.13. The molecule has 0 radical (unpaired) electrons. The van der Waals surface area contributed by atoms with Crippen LogP contribution in [0.4, 0.5) is 5.13 Å². The minimum atomic E-state index is 0.991. The van der Waals surface area contributed by atoms with E-state index in [9.17, 15) is 0 Å². The maximum atomic E-state index is 4.47. The molecule has 2 heterocycles. The Balaban J connectivity index is 1.60. The van der Waals surface area contributed by atoms with Crippen molar-refractivity contribution in [1.29, 1.82) is 0 Å². The summed E-state index contributed by atoms with van der Waals surface area (Å²) in [6, 6.07) is 0. The summed E-state index contributed by atoms with van der Waals surface area (Å²) in [5, 5.41) is 6.53. The number of nitrogens with zero attached hydrogens (tertiary/aromatic N) is 3. The van der Waals surface area contributed by atoms with E-state index in [2.05, 4.69) is 32.2 Å². The number of hydrogen-bond acceptors (Lipinski definition) is 4. The second kappa shape index (κ2) is 6.39. The van der Waals surface area contributed by atoms with Crippen LogP contribution in [0.3, 0.4) is 0 Å². The van der Waals surface area contributed by atoms with Gasteiger partial charge in [-0.25, -0.2) is 9.97 Å². The normalized spacial score (nSPS) is 10.6. The molecule has 2 aromatic heterocycles. The number of nitrogens with one attached hydrogen (secondary N) is 1. The van der Waals surface area contributed by atoms with E-state index in [1.165, 1.54) is 5.69 Å². The van der Waals surface area contributed by atoms with Crippen molar-refractivity contribution < 1.29 is 0 Å². The molecule has 0 unspecified atom stereocenters. The fourth-order valence-electron chi connectivity index (χ4n) is 1.58. The second-order valence-electron chi connectivity index (χ2n) is 3.93. The van der Waals surface area contributed by atoms with Crippen LogP contribution >= 0.6 is 11.3 Å². The third-order valence-electron chi connectivity index (χ3n) is 2.59. The molecule has 0 bridgehead atoms. The number of imidazole rings is 1. The molecular weight excluding hydrogens is 232 g/mol. The van der Waals surface area contributed by atoms with Gasteiger partial charge < -0.3 is 9.88 Å². The lowest BCUT2D eigenvalue weighted by atomic mass is 10.3. The average Bonchev–Trinajstić information content (AvgIpc) is 2.99. The summed E-state index contributed by atoms with van der Waals surface area (Å²) in [6.45, 7) is 4.16. The van der Waals surface area contributed by atoms with E-state index in [1.807, 2.05) is 18.7 Å². The van der Waals surface area contributed by atoms with Gasteiger partial charge in [-0.3, -0.25) is 0 Å². The maximum absolute atomic E-state index is 4.47. The standard InChI is InChI=1S/C12H18N4S/c1-2-11-9-17-12(15-11)14-5-3-4-7-16-8-6-13-10-16/h6,8-10H,2-5,7H2,1H3,(H,14,15). The van der Waals surface area contributed by atoms with E-state index < -0.39 is 0 Å². The zero-order chi connectivity index (χ0) is 11.9. The highest BCUT2D eigenvalue weighted by Crippen LogP contribution is 2.15. The van der Waals surface area contributed by atoms with Crippen molar-refractivity contribution in [2.45, 2.75) is 32.7 Å². The second-order valence-corrected chi connectivity index (χ2v) is 4.79. The molecular formula is C12H18N4S. The van der Waals surface area contributed by atoms with Crippen molar-refractivity contribution in [3.05, 3.63) is 29.8 Å². The predicted octanol–water partition coefficient (Wildman–Crippen LogP) is 2.79. The van der Waals surface area contributed by atoms with Gasteiger partial charge in [0.15, 0.2) is 5.13 Å². The molecule has 0 aliphatic heterocycles. The predicted molar refractivity (Wildman–Crippen MR) is 71.4 cm³/mol. The molecule has 17 heavy (non-hydrogen) atoms. The maximum Gasteiger partial charge on any atom is 0.182 e. The summed E-state index contributed by atoms with van der Waals surface area (Å²) in [5.41, 5.74) is 1.18. The summed E-state index contributed by atoms with van der Waals surface area (Å²) in [5.74, 6) is 0. The SMILES string of the molecule is CCc1csc(NCCCCn2ccnc2)n1. The summed E-state index contributed by atoms with van der Waals surface area (Å²) in [4.78, 5) is 8.49. The van der Waals surface area contributed by atoms with Crippen molar-refractivity contribution in [2.75, 3.05) is 11.9 Å². The van der Waals surface area contributed by atoms with Crippen LogP contribution in [-0.4, -0.2) is 21.1 Å². The van der Waals surface area contributed by atoms with Gasteiger partial charge in [-0.05, 0) is 19.3 Å². The molecule has 2 aromatic rings. The zero-order valence-electron chi connectivity index (χ0n) is 10.1. The number of anilines is 1. The summed E-state index contributed by atoms with van der Waals surface area (Å²) in [6.07, 6.45) is 9.01. The molecule has 4 nitrogen and oxygen atoms in total. The Hall–Kier alpha value is -1.36. The van der Waals surface area contributed by atoms with E-state index in [0.29, 0.717) is 0 Å². The largest absolute Gasteiger partial charge is 0.362 e. The minimum absolute atomic E-state index is 0.991. The Kier molecular flexibility index (Phi) is 4.55. The first-order valence-corrected chi connectivity index (χ1v) is 6.90. The topological polar surface area (TPSA) is 42.7 Å². The Morgan fingerprint density at radius 1 is 1.41 bits per heavy atom. The molecule has 0 saturated heterocycles. The Morgan fingerprint density at radius 2 is 2.35 bits per heavy atom. The van der Waals surface area contributed by atoms with Crippen LogP contribution in [0.1, 0.15) is 25.5 Å². The van der Waals surface area contributed by atoms with Crippen molar-refractivity contribution in [1.82, 2.24) is 14.5 Å². The van der Waals surface area contributed by atoms with Crippen molar-refractivity contribution >= 4 is 16.5 Å². The number of hydrogen-bond donors (Lipinski definition) is 1. The molecule has 0 aliphatic carbocycles. The van der Waals surface area contributed by atoms with Crippen molar-refractivity contribution in [3.8, 4) is 0 Å². The molecule has 0 spiro atoms. The lowest BCUT2D eigenvalue weighted by Gasteiger charge is -2.03. The van der Waals surface area contributed by atoms with Crippen LogP contribution in [0, 0.1) is 0 Å². The fraction of sp³-hybridized carbons (Fsp3) is 0.500. The molecule has 0 fully saturated rings. The van der Waals surface area contributed by atoms with Gasteiger partial charge in [0.25, 0.3) is 0 Å². The Labute approximate surface area is 106 Å². The van der Waals surface area contributed by atoms with E-state index in [4.69, 9.17) is 0 Å². The molecule has 0 saturated carbocycles. The third kappa shape index (κ3) is 3.85. The van der Waals surface area contributed by atoms with Gasteiger partial charge in [0.1, 0.15) is 0 Å². The number of unbranched alkanes of at least 4 members (excludes halogenated alkanes) is 1. The van der Waals surface area contributed by atoms with Gasteiger partial charge >= 0.3 is 0 Å². The van der Waals surface area contributed by atoms with Gasteiger partial charge in [-0.2, -0.15) is 0 Å².